The summed E-state index contributed by atoms with van der Waals surface area (Å²) in [5.41, 5.74) is 1.66. The number of nitrogens with one attached hydrogen (secondary N) is 2. The van der Waals surface area contributed by atoms with Gasteiger partial charge in [0.25, 0.3) is 0 Å². The number of H-pyrrole nitrogens is 1. The molecular weight excluding hydrogens is 384 g/mol. The molecule has 0 aromatic carbocycles. The third kappa shape index (κ3) is 3.26. The maximum atomic E-state index is 12.1. The molecule has 9 nitrogen and oxygen atoms in total. The molecule has 0 saturated heterocycles. The SMILES string of the molecule is CC(=O)Nc1cc2c(-c3nc(S(C)(=O)=O)cc4c3OC[C@H](C)O4)c[nH]c2cn1. The molecule has 3 aromatic rings. The Morgan fingerprint density at radius 1 is 1.36 bits per heavy atom. The molecule has 0 fully saturated rings. The molecule has 3 aromatic heterocycles. The molecule has 0 bridgehead atoms. The van der Waals surface area contributed by atoms with Crippen LogP contribution in [0.25, 0.3) is 22.2 Å². The molecule has 10 heteroatoms. The Hall–Kier alpha value is -3.14. The fourth-order valence-corrected chi connectivity index (χ4v) is 3.58. The van der Waals surface area contributed by atoms with Gasteiger partial charge in [-0.3, -0.25) is 4.79 Å². The van der Waals surface area contributed by atoms with Crippen molar-refractivity contribution >= 4 is 32.5 Å². The van der Waals surface area contributed by atoms with Gasteiger partial charge in [-0.05, 0) is 13.0 Å². The summed E-state index contributed by atoms with van der Waals surface area (Å²) in [5.74, 6) is 0.836. The van der Waals surface area contributed by atoms with E-state index in [1.807, 2.05) is 6.92 Å². The smallest absolute Gasteiger partial charge is 0.222 e. The zero-order chi connectivity index (χ0) is 20.1. The van der Waals surface area contributed by atoms with Crippen LogP contribution in [0, 0.1) is 0 Å². The number of nitrogens with zero attached hydrogens (tertiary/aromatic N) is 2. The number of hydrogen-bond donors (Lipinski definition) is 2. The van der Waals surface area contributed by atoms with Gasteiger partial charge in [0.1, 0.15) is 24.2 Å². The van der Waals surface area contributed by atoms with Crippen molar-refractivity contribution in [2.24, 2.45) is 0 Å². The molecule has 0 unspecified atom stereocenters. The Balaban J connectivity index is 1.95. The van der Waals surface area contributed by atoms with Crippen LogP contribution in [0.3, 0.4) is 0 Å². The van der Waals surface area contributed by atoms with Crippen molar-refractivity contribution in [2.45, 2.75) is 25.0 Å². The van der Waals surface area contributed by atoms with Crippen molar-refractivity contribution in [2.75, 3.05) is 18.2 Å². The highest BCUT2D eigenvalue weighted by molar-refractivity contribution is 7.90. The standard InChI is InChI=1S/C18H18N4O5S/c1-9-8-26-18-14(27-9)5-16(28(3,24)25)22-17(18)12-6-19-13-7-20-15(4-11(12)13)21-10(2)23/h4-7,9,19H,8H2,1-3H3,(H,20,21,23)/t9-/m0/s1. The molecule has 0 saturated carbocycles. The van der Waals surface area contributed by atoms with E-state index in [0.717, 1.165) is 6.26 Å². The number of aromatic nitrogens is 3. The highest BCUT2D eigenvalue weighted by atomic mass is 32.2. The molecule has 0 aliphatic carbocycles. The fourth-order valence-electron chi connectivity index (χ4n) is 3.00. The minimum atomic E-state index is -3.57. The van der Waals surface area contributed by atoms with E-state index in [1.54, 1.807) is 18.5 Å². The van der Waals surface area contributed by atoms with Gasteiger partial charge < -0.3 is 19.8 Å². The van der Waals surface area contributed by atoms with E-state index in [-0.39, 0.29) is 17.0 Å². The van der Waals surface area contributed by atoms with Gasteiger partial charge in [0, 0.05) is 36.4 Å². The van der Waals surface area contributed by atoms with Gasteiger partial charge in [0.2, 0.25) is 5.91 Å². The number of carbonyl (C=O) groups is 1. The lowest BCUT2D eigenvalue weighted by Gasteiger charge is -2.25. The number of ether oxygens (including phenoxy) is 2. The van der Waals surface area contributed by atoms with E-state index in [4.69, 9.17) is 9.47 Å². The Bertz CT molecular complexity index is 1200. The van der Waals surface area contributed by atoms with Gasteiger partial charge in [0.05, 0.1) is 11.7 Å². The summed E-state index contributed by atoms with van der Waals surface area (Å²) in [6, 6.07) is 3.07. The summed E-state index contributed by atoms with van der Waals surface area (Å²) in [6.45, 7) is 3.55. The third-order valence-electron chi connectivity index (χ3n) is 4.21. The molecular formula is C18H18N4O5S. The minimum absolute atomic E-state index is 0.107. The molecule has 1 aliphatic heterocycles. The molecule has 4 heterocycles. The summed E-state index contributed by atoms with van der Waals surface area (Å²) in [4.78, 5) is 22.9. The van der Waals surface area contributed by atoms with Crippen LogP contribution >= 0.6 is 0 Å². The number of rotatable bonds is 3. The first-order valence-corrected chi connectivity index (χ1v) is 10.4. The van der Waals surface area contributed by atoms with Crippen LogP contribution in [-0.4, -0.2) is 48.2 Å². The highest BCUT2D eigenvalue weighted by Crippen LogP contribution is 2.43. The van der Waals surface area contributed by atoms with Crippen LogP contribution in [0.2, 0.25) is 0 Å². The third-order valence-corrected chi connectivity index (χ3v) is 5.18. The first kappa shape index (κ1) is 18.2. The average Bonchev–Trinajstić information content (AvgIpc) is 3.02. The van der Waals surface area contributed by atoms with E-state index in [0.29, 0.717) is 46.1 Å². The number of pyridine rings is 2. The second kappa shape index (κ2) is 6.48. The predicted octanol–water partition coefficient (Wildman–Crippen LogP) is 2.15. The molecule has 2 N–H and O–H groups in total. The topological polar surface area (TPSA) is 123 Å². The molecule has 0 radical (unpaired) electrons. The normalized spacial score (nSPS) is 16.2. The summed E-state index contributed by atoms with van der Waals surface area (Å²) < 4.78 is 35.9. The summed E-state index contributed by atoms with van der Waals surface area (Å²) in [6.07, 6.45) is 4.15. The highest BCUT2D eigenvalue weighted by Gasteiger charge is 2.27. The van der Waals surface area contributed by atoms with Crippen molar-refractivity contribution in [3.8, 4) is 22.8 Å². The van der Waals surface area contributed by atoms with Crippen LogP contribution in [0.15, 0.2) is 29.6 Å². The molecule has 1 atom stereocenters. The Kier molecular flexibility index (Phi) is 4.22. The van der Waals surface area contributed by atoms with Gasteiger partial charge in [-0.1, -0.05) is 0 Å². The molecule has 28 heavy (non-hydrogen) atoms. The minimum Gasteiger partial charge on any atom is -0.484 e. The average molecular weight is 402 g/mol. The lowest BCUT2D eigenvalue weighted by molar-refractivity contribution is -0.114. The van der Waals surface area contributed by atoms with Gasteiger partial charge in [-0.2, -0.15) is 0 Å². The van der Waals surface area contributed by atoms with Crippen molar-refractivity contribution in [3.63, 3.8) is 0 Å². The van der Waals surface area contributed by atoms with Crippen molar-refractivity contribution in [1.82, 2.24) is 15.0 Å². The quantitative estimate of drug-likeness (QED) is 0.688. The Morgan fingerprint density at radius 3 is 2.86 bits per heavy atom. The largest absolute Gasteiger partial charge is 0.484 e. The maximum Gasteiger partial charge on any atom is 0.222 e. The first-order valence-electron chi connectivity index (χ1n) is 8.52. The number of anilines is 1. The van der Waals surface area contributed by atoms with E-state index in [2.05, 4.69) is 20.3 Å². The monoisotopic (exact) mass is 402 g/mol. The molecule has 1 amide bonds. The van der Waals surface area contributed by atoms with Crippen LogP contribution < -0.4 is 14.8 Å². The Morgan fingerprint density at radius 2 is 2.14 bits per heavy atom. The maximum absolute atomic E-state index is 12.1. The number of sulfone groups is 1. The Labute approximate surface area is 161 Å². The molecule has 4 rings (SSSR count). The number of amides is 1. The van der Waals surface area contributed by atoms with Gasteiger partial charge in [-0.25, -0.2) is 18.4 Å². The molecule has 1 aliphatic rings. The van der Waals surface area contributed by atoms with Gasteiger partial charge >= 0.3 is 0 Å². The van der Waals surface area contributed by atoms with Crippen molar-refractivity contribution in [1.29, 1.82) is 0 Å². The molecule has 0 spiro atoms. The second-order valence-electron chi connectivity index (χ2n) is 6.65. The number of hydrogen-bond acceptors (Lipinski definition) is 7. The van der Waals surface area contributed by atoms with Crippen molar-refractivity contribution < 1.29 is 22.7 Å². The second-order valence-corrected chi connectivity index (χ2v) is 8.61. The van der Waals surface area contributed by atoms with E-state index >= 15 is 0 Å². The lowest BCUT2D eigenvalue weighted by atomic mass is 10.1. The number of aromatic amines is 1. The van der Waals surface area contributed by atoms with Gasteiger partial charge in [-0.15, -0.1) is 0 Å². The zero-order valence-electron chi connectivity index (χ0n) is 15.4. The van der Waals surface area contributed by atoms with Crippen LogP contribution in [-0.2, 0) is 14.6 Å². The van der Waals surface area contributed by atoms with E-state index < -0.39 is 9.84 Å². The lowest BCUT2D eigenvalue weighted by Crippen LogP contribution is -2.26. The van der Waals surface area contributed by atoms with Crippen LogP contribution in [0.4, 0.5) is 5.82 Å². The zero-order valence-corrected chi connectivity index (χ0v) is 16.3. The van der Waals surface area contributed by atoms with E-state index in [9.17, 15) is 13.2 Å². The molecule has 146 valence electrons. The fraction of sp³-hybridized carbons (Fsp3) is 0.278. The van der Waals surface area contributed by atoms with E-state index in [1.165, 1.54) is 13.0 Å². The van der Waals surface area contributed by atoms with Crippen molar-refractivity contribution in [3.05, 3.63) is 24.5 Å². The van der Waals surface area contributed by atoms with Crippen LogP contribution in [0.1, 0.15) is 13.8 Å². The summed E-state index contributed by atoms with van der Waals surface area (Å²) in [5, 5.41) is 3.24. The summed E-state index contributed by atoms with van der Waals surface area (Å²) >= 11 is 0. The number of fused-ring (bicyclic) bond motifs is 2. The number of carbonyl (C=O) groups excluding carboxylic acids is 1. The van der Waals surface area contributed by atoms with Crippen LogP contribution in [0.5, 0.6) is 11.5 Å². The summed E-state index contributed by atoms with van der Waals surface area (Å²) in [7, 11) is -3.57. The first-order chi connectivity index (χ1) is 13.2. The predicted molar refractivity (Wildman–Crippen MR) is 102 cm³/mol. The van der Waals surface area contributed by atoms with Gasteiger partial charge in [0.15, 0.2) is 26.4 Å².